The molecule has 0 aliphatic carbocycles. The van der Waals surface area contributed by atoms with Gasteiger partial charge in [-0.15, -0.1) is 0 Å². The van der Waals surface area contributed by atoms with E-state index in [1.54, 1.807) is 0 Å². The van der Waals surface area contributed by atoms with E-state index in [0.29, 0.717) is 17.9 Å². The molecular formula is C25H30N2O3. The van der Waals surface area contributed by atoms with Gasteiger partial charge >= 0.3 is 0 Å². The fraction of sp³-hybridized carbons (Fsp3) is 0.360. The Labute approximate surface area is 178 Å². The van der Waals surface area contributed by atoms with Crippen LogP contribution in [0.5, 0.6) is 0 Å². The van der Waals surface area contributed by atoms with Gasteiger partial charge in [0.15, 0.2) is 0 Å². The highest BCUT2D eigenvalue weighted by atomic mass is 16.5. The third kappa shape index (κ3) is 4.31. The summed E-state index contributed by atoms with van der Waals surface area (Å²) in [6, 6.07) is 11.8. The second kappa shape index (κ2) is 8.84. The van der Waals surface area contributed by atoms with E-state index >= 15 is 0 Å². The maximum Gasteiger partial charge on any atom is 0.278 e. The van der Waals surface area contributed by atoms with Crippen LogP contribution in [0, 0.1) is 27.7 Å². The Morgan fingerprint density at radius 1 is 0.967 bits per heavy atom. The van der Waals surface area contributed by atoms with Gasteiger partial charge in [-0.25, -0.2) is 0 Å². The molecule has 0 fully saturated rings. The monoisotopic (exact) mass is 406 g/mol. The molecule has 5 heteroatoms. The lowest BCUT2D eigenvalue weighted by atomic mass is 9.97. The first kappa shape index (κ1) is 21.8. The zero-order valence-corrected chi connectivity index (χ0v) is 18.6. The molecule has 1 N–H and O–H groups in total. The van der Waals surface area contributed by atoms with Crippen LogP contribution in [-0.4, -0.2) is 36.0 Å². The van der Waals surface area contributed by atoms with E-state index in [0.717, 1.165) is 33.5 Å². The number of carbonyl (C=O) groups excluding carboxylic acids is 2. The Morgan fingerprint density at radius 2 is 1.70 bits per heavy atom. The van der Waals surface area contributed by atoms with Crippen LogP contribution in [0.3, 0.4) is 0 Å². The number of nitrogens with zero attached hydrogens (tertiary/aromatic N) is 1. The predicted molar refractivity (Wildman–Crippen MR) is 120 cm³/mol. The van der Waals surface area contributed by atoms with E-state index in [9.17, 15) is 9.59 Å². The Kier molecular flexibility index (Phi) is 6.42. The topological polar surface area (TPSA) is 58.6 Å². The van der Waals surface area contributed by atoms with Gasteiger partial charge in [0.25, 0.3) is 11.8 Å². The molecule has 3 rings (SSSR count). The molecule has 0 bridgehead atoms. The van der Waals surface area contributed by atoms with Crippen LogP contribution in [0.25, 0.3) is 5.57 Å². The lowest BCUT2D eigenvalue weighted by Crippen LogP contribution is -2.35. The number of aryl methyl sites for hydroxylation is 3. The molecule has 2 aromatic rings. The van der Waals surface area contributed by atoms with E-state index in [1.165, 1.54) is 4.90 Å². The lowest BCUT2D eigenvalue weighted by Gasteiger charge is -2.17. The summed E-state index contributed by atoms with van der Waals surface area (Å²) in [5.74, 6) is -0.602. The van der Waals surface area contributed by atoms with Crippen LogP contribution >= 0.6 is 0 Å². The predicted octanol–water partition coefficient (Wildman–Crippen LogP) is 4.54. The van der Waals surface area contributed by atoms with Crippen molar-refractivity contribution in [2.75, 3.05) is 18.5 Å². The number of carbonyl (C=O) groups is 2. The van der Waals surface area contributed by atoms with Crippen LogP contribution < -0.4 is 5.32 Å². The van der Waals surface area contributed by atoms with Crippen molar-refractivity contribution in [2.45, 2.75) is 47.6 Å². The third-order valence-corrected chi connectivity index (χ3v) is 5.45. The Bertz CT molecular complexity index is 1020. The molecule has 0 saturated carbocycles. The van der Waals surface area contributed by atoms with Crippen molar-refractivity contribution >= 4 is 23.1 Å². The fourth-order valence-electron chi connectivity index (χ4n) is 3.64. The summed E-state index contributed by atoms with van der Waals surface area (Å²) in [7, 11) is 0. The first-order valence-electron chi connectivity index (χ1n) is 10.3. The highest BCUT2D eigenvalue weighted by molar-refractivity contribution is 6.36. The zero-order valence-electron chi connectivity index (χ0n) is 18.6. The third-order valence-electron chi connectivity index (χ3n) is 5.45. The van der Waals surface area contributed by atoms with Crippen molar-refractivity contribution in [2.24, 2.45) is 0 Å². The van der Waals surface area contributed by atoms with Crippen LogP contribution in [0.1, 0.15) is 41.7 Å². The molecule has 2 amide bonds. The molecule has 0 saturated heterocycles. The van der Waals surface area contributed by atoms with Crippen molar-refractivity contribution in [3.8, 4) is 0 Å². The molecule has 0 spiro atoms. The molecule has 2 aromatic carbocycles. The number of anilines is 1. The first-order valence-corrected chi connectivity index (χ1v) is 10.3. The average Bonchev–Trinajstić information content (AvgIpc) is 2.90. The minimum absolute atomic E-state index is 0.0390. The molecular weight excluding hydrogens is 376 g/mol. The van der Waals surface area contributed by atoms with Crippen LogP contribution in [-0.2, 0) is 14.3 Å². The van der Waals surface area contributed by atoms with Gasteiger partial charge < -0.3 is 10.1 Å². The first-order chi connectivity index (χ1) is 14.2. The number of ether oxygens (including phenoxy) is 1. The second-order valence-electron chi connectivity index (χ2n) is 8.12. The smallest absolute Gasteiger partial charge is 0.278 e. The van der Waals surface area contributed by atoms with Gasteiger partial charge in [0.1, 0.15) is 5.70 Å². The van der Waals surface area contributed by atoms with Crippen molar-refractivity contribution in [3.63, 3.8) is 0 Å². The number of hydrogen-bond donors (Lipinski definition) is 1. The van der Waals surface area contributed by atoms with E-state index in [-0.39, 0.29) is 24.5 Å². The molecule has 0 atom stereocenters. The van der Waals surface area contributed by atoms with Gasteiger partial charge in [-0.05, 0) is 69.9 Å². The highest BCUT2D eigenvalue weighted by Gasteiger charge is 2.39. The summed E-state index contributed by atoms with van der Waals surface area (Å²) in [6.07, 6.45) is 0.0390. The maximum absolute atomic E-state index is 13.3. The number of benzene rings is 2. The molecule has 0 aromatic heterocycles. The highest BCUT2D eigenvalue weighted by Crippen LogP contribution is 2.33. The Balaban J connectivity index is 2.05. The van der Waals surface area contributed by atoms with E-state index in [1.807, 2.05) is 77.9 Å². The number of nitrogens with one attached hydrogen (secondary N) is 1. The van der Waals surface area contributed by atoms with Crippen LogP contribution in [0.15, 0.2) is 42.1 Å². The zero-order chi connectivity index (χ0) is 22.0. The molecule has 5 nitrogen and oxygen atoms in total. The van der Waals surface area contributed by atoms with Gasteiger partial charge in [-0.3, -0.25) is 14.5 Å². The molecule has 1 aliphatic heterocycles. The molecule has 0 unspecified atom stereocenters. The van der Waals surface area contributed by atoms with E-state index in [4.69, 9.17) is 4.74 Å². The van der Waals surface area contributed by atoms with Gasteiger partial charge in [-0.1, -0.05) is 35.9 Å². The second-order valence-corrected chi connectivity index (χ2v) is 8.12. The van der Waals surface area contributed by atoms with Crippen LogP contribution in [0.2, 0.25) is 0 Å². The van der Waals surface area contributed by atoms with Crippen molar-refractivity contribution in [1.82, 2.24) is 4.90 Å². The number of rotatable bonds is 7. The molecule has 158 valence electrons. The summed E-state index contributed by atoms with van der Waals surface area (Å²) in [4.78, 5) is 27.9. The number of imide groups is 1. The molecule has 1 aliphatic rings. The van der Waals surface area contributed by atoms with E-state index < -0.39 is 0 Å². The summed E-state index contributed by atoms with van der Waals surface area (Å²) in [6.45, 7) is 12.4. The number of hydrogen-bond acceptors (Lipinski definition) is 4. The number of amides is 2. The minimum atomic E-state index is -0.316. The standard InChI is InChI=1S/C25H30N2O3/c1-15(2)30-13-12-27-24(28)22(20-11-10-16(3)14-18(20)5)23(25(27)29)26-21-9-7-8-17(4)19(21)6/h7-11,14-15,26H,12-13H2,1-6H3. The summed E-state index contributed by atoms with van der Waals surface area (Å²) in [5.41, 5.74) is 6.59. The molecule has 30 heavy (non-hydrogen) atoms. The van der Waals surface area contributed by atoms with Gasteiger partial charge in [0.2, 0.25) is 0 Å². The van der Waals surface area contributed by atoms with Gasteiger partial charge in [0, 0.05) is 5.69 Å². The summed E-state index contributed by atoms with van der Waals surface area (Å²) >= 11 is 0. The molecule has 1 heterocycles. The normalized spacial score (nSPS) is 14.3. The van der Waals surface area contributed by atoms with Crippen molar-refractivity contribution in [1.29, 1.82) is 0 Å². The maximum atomic E-state index is 13.3. The minimum Gasteiger partial charge on any atom is -0.377 e. The Morgan fingerprint density at radius 3 is 2.37 bits per heavy atom. The SMILES string of the molecule is Cc1ccc(C2=C(Nc3cccc(C)c3C)C(=O)N(CCOC(C)C)C2=O)c(C)c1. The van der Waals surface area contributed by atoms with Gasteiger partial charge in [0.05, 0.1) is 24.8 Å². The Hall–Kier alpha value is -2.92. The summed E-state index contributed by atoms with van der Waals surface area (Å²) in [5, 5.41) is 3.28. The average molecular weight is 407 g/mol. The van der Waals surface area contributed by atoms with Crippen molar-refractivity contribution in [3.05, 3.63) is 69.9 Å². The molecule has 0 radical (unpaired) electrons. The van der Waals surface area contributed by atoms with Crippen molar-refractivity contribution < 1.29 is 14.3 Å². The van der Waals surface area contributed by atoms with E-state index in [2.05, 4.69) is 5.32 Å². The fourth-order valence-corrected chi connectivity index (χ4v) is 3.64. The van der Waals surface area contributed by atoms with Gasteiger partial charge in [-0.2, -0.15) is 0 Å². The summed E-state index contributed by atoms with van der Waals surface area (Å²) < 4.78 is 5.58. The quantitative estimate of drug-likeness (QED) is 0.686. The largest absolute Gasteiger partial charge is 0.377 e. The lowest BCUT2D eigenvalue weighted by molar-refractivity contribution is -0.137. The van der Waals surface area contributed by atoms with Crippen LogP contribution in [0.4, 0.5) is 5.69 Å².